The van der Waals surface area contributed by atoms with Crippen LogP contribution in [0.4, 0.5) is 5.69 Å². The molecule has 6 nitrogen and oxygen atoms in total. The lowest BCUT2D eigenvalue weighted by atomic mass is 10.0. The predicted octanol–water partition coefficient (Wildman–Crippen LogP) is 6.24. The molecule has 6 heteroatoms. The van der Waals surface area contributed by atoms with Crippen molar-refractivity contribution in [2.24, 2.45) is 5.92 Å². The van der Waals surface area contributed by atoms with E-state index in [1.54, 1.807) is 0 Å². The van der Waals surface area contributed by atoms with Crippen LogP contribution in [0.15, 0.2) is 73.7 Å². The SMILES string of the molecule is C=CC(=O)Nc1cccc(-c2cnc3[nH]cc(-c4ccnc5[nH]c(CCC6CC6)cc45)c3c2)c1. The smallest absolute Gasteiger partial charge is 0.247 e. The summed E-state index contributed by atoms with van der Waals surface area (Å²) in [4.78, 5) is 27.8. The normalized spacial score (nSPS) is 13.4. The van der Waals surface area contributed by atoms with Gasteiger partial charge in [-0.3, -0.25) is 4.79 Å². The van der Waals surface area contributed by atoms with Crippen LogP contribution < -0.4 is 5.32 Å². The minimum absolute atomic E-state index is 0.233. The number of pyridine rings is 2. The van der Waals surface area contributed by atoms with Crippen molar-refractivity contribution in [1.29, 1.82) is 0 Å². The fourth-order valence-electron chi connectivity index (χ4n) is 4.57. The van der Waals surface area contributed by atoms with Crippen molar-refractivity contribution in [2.45, 2.75) is 25.7 Å². The Hall–Kier alpha value is -4.19. The van der Waals surface area contributed by atoms with Gasteiger partial charge in [0.2, 0.25) is 5.91 Å². The summed E-state index contributed by atoms with van der Waals surface area (Å²) in [5.41, 5.74) is 7.92. The predicted molar refractivity (Wildman–Crippen MR) is 136 cm³/mol. The van der Waals surface area contributed by atoms with Crippen LogP contribution in [-0.4, -0.2) is 25.8 Å². The molecule has 1 aliphatic rings. The molecular formula is C28H25N5O. The van der Waals surface area contributed by atoms with E-state index in [2.05, 4.69) is 50.0 Å². The quantitative estimate of drug-likeness (QED) is 0.258. The number of amides is 1. The van der Waals surface area contributed by atoms with E-state index in [1.165, 1.54) is 31.0 Å². The zero-order valence-corrected chi connectivity index (χ0v) is 18.8. The first-order valence-corrected chi connectivity index (χ1v) is 11.7. The number of aryl methyl sites for hydroxylation is 1. The van der Waals surface area contributed by atoms with E-state index in [1.807, 2.05) is 42.9 Å². The van der Waals surface area contributed by atoms with Crippen LogP contribution in [0.5, 0.6) is 0 Å². The summed E-state index contributed by atoms with van der Waals surface area (Å²) in [5, 5.41) is 5.00. The Labute approximate surface area is 197 Å². The standard InChI is InChI=1S/C28H25N5O/c1-2-26(34)32-20-5-3-4-18(12-20)19-13-23-25(16-31-27(23)30-15-19)22-10-11-29-28-24(22)14-21(33-28)9-8-17-6-7-17/h2-5,10-17H,1,6-9H2,(H,29,33)(H,30,31)(H,32,34). The number of nitrogens with zero attached hydrogens (tertiary/aromatic N) is 2. The van der Waals surface area contributed by atoms with Crippen LogP contribution in [0.3, 0.4) is 0 Å². The Morgan fingerprint density at radius 2 is 1.94 bits per heavy atom. The first-order chi connectivity index (χ1) is 16.7. The maximum Gasteiger partial charge on any atom is 0.247 e. The molecule has 4 aromatic heterocycles. The summed E-state index contributed by atoms with van der Waals surface area (Å²) in [6.45, 7) is 3.52. The Morgan fingerprint density at radius 3 is 2.79 bits per heavy atom. The topological polar surface area (TPSA) is 86.5 Å². The minimum atomic E-state index is -0.233. The van der Waals surface area contributed by atoms with Crippen molar-refractivity contribution in [3.63, 3.8) is 0 Å². The number of aromatic amines is 2. The van der Waals surface area contributed by atoms with Crippen molar-refractivity contribution in [3.05, 3.63) is 79.4 Å². The first-order valence-electron chi connectivity index (χ1n) is 11.7. The van der Waals surface area contributed by atoms with Gasteiger partial charge in [-0.25, -0.2) is 9.97 Å². The fourth-order valence-corrected chi connectivity index (χ4v) is 4.57. The summed E-state index contributed by atoms with van der Waals surface area (Å²) in [6, 6.07) is 14.2. The largest absolute Gasteiger partial charge is 0.346 e. The highest BCUT2D eigenvalue weighted by Crippen LogP contribution is 2.37. The van der Waals surface area contributed by atoms with E-state index in [9.17, 15) is 4.79 Å². The molecule has 0 spiro atoms. The Balaban J connectivity index is 1.39. The summed E-state index contributed by atoms with van der Waals surface area (Å²) >= 11 is 0. The van der Waals surface area contributed by atoms with Gasteiger partial charge in [-0.15, -0.1) is 0 Å². The molecule has 0 bridgehead atoms. The van der Waals surface area contributed by atoms with E-state index in [0.717, 1.165) is 62.3 Å². The number of anilines is 1. The molecule has 0 unspecified atom stereocenters. The van der Waals surface area contributed by atoms with E-state index in [4.69, 9.17) is 0 Å². The van der Waals surface area contributed by atoms with Crippen LogP contribution in [0.1, 0.15) is 25.0 Å². The second-order valence-corrected chi connectivity index (χ2v) is 8.99. The Kier molecular flexibility index (Phi) is 4.99. The third-order valence-corrected chi connectivity index (χ3v) is 6.58. The monoisotopic (exact) mass is 447 g/mol. The van der Waals surface area contributed by atoms with Crippen molar-refractivity contribution in [3.8, 4) is 22.3 Å². The lowest BCUT2D eigenvalue weighted by Gasteiger charge is -2.07. The van der Waals surface area contributed by atoms with Gasteiger partial charge in [-0.1, -0.05) is 31.6 Å². The van der Waals surface area contributed by atoms with Gasteiger partial charge in [0.25, 0.3) is 0 Å². The number of nitrogens with one attached hydrogen (secondary N) is 3. The summed E-state index contributed by atoms with van der Waals surface area (Å²) in [5.74, 6) is 0.670. The van der Waals surface area contributed by atoms with Crippen LogP contribution in [0.2, 0.25) is 0 Å². The number of H-pyrrole nitrogens is 2. The van der Waals surface area contributed by atoms with E-state index in [0.29, 0.717) is 0 Å². The number of carbonyl (C=O) groups is 1. The molecule has 1 aromatic carbocycles. The molecule has 5 aromatic rings. The van der Waals surface area contributed by atoms with Gasteiger partial charge in [0.05, 0.1) is 0 Å². The second-order valence-electron chi connectivity index (χ2n) is 8.99. The summed E-state index contributed by atoms with van der Waals surface area (Å²) < 4.78 is 0. The van der Waals surface area contributed by atoms with Crippen LogP contribution in [0.25, 0.3) is 44.3 Å². The number of rotatable bonds is 7. The van der Waals surface area contributed by atoms with Gasteiger partial charge < -0.3 is 15.3 Å². The number of aromatic nitrogens is 4. The zero-order chi connectivity index (χ0) is 23.1. The lowest BCUT2D eigenvalue weighted by molar-refractivity contribution is -0.111. The fraction of sp³-hybridized carbons (Fsp3) is 0.179. The molecule has 168 valence electrons. The third kappa shape index (κ3) is 3.88. The Morgan fingerprint density at radius 1 is 1.06 bits per heavy atom. The third-order valence-electron chi connectivity index (χ3n) is 6.58. The van der Waals surface area contributed by atoms with Gasteiger partial charge in [0.1, 0.15) is 11.3 Å². The highest BCUT2D eigenvalue weighted by Gasteiger charge is 2.21. The first kappa shape index (κ1) is 20.4. The highest BCUT2D eigenvalue weighted by molar-refractivity contribution is 6.04. The number of benzene rings is 1. The summed E-state index contributed by atoms with van der Waals surface area (Å²) in [6.07, 6.45) is 12.1. The maximum absolute atomic E-state index is 11.7. The molecule has 4 heterocycles. The molecule has 1 aliphatic carbocycles. The molecule has 1 fully saturated rings. The molecule has 0 radical (unpaired) electrons. The van der Waals surface area contributed by atoms with Gasteiger partial charge >= 0.3 is 0 Å². The molecule has 3 N–H and O–H groups in total. The van der Waals surface area contributed by atoms with Gasteiger partial charge in [-0.05, 0) is 66.3 Å². The van der Waals surface area contributed by atoms with Gasteiger partial charge in [0, 0.05) is 51.9 Å². The van der Waals surface area contributed by atoms with E-state index in [-0.39, 0.29) is 5.91 Å². The van der Waals surface area contributed by atoms with Crippen LogP contribution in [0, 0.1) is 5.92 Å². The number of hydrogen-bond donors (Lipinski definition) is 3. The molecule has 6 rings (SSSR count). The molecule has 0 aliphatic heterocycles. The van der Waals surface area contributed by atoms with Crippen LogP contribution >= 0.6 is 0 Å². The number of hydrogen-bond acceptors (Lipinski definition) is 3. The maximum atomic E-state index is 11.7. The Bertz CT molecular complexity index is 1540. The second kappa shape index (κ2) is 8.30. The highest BCUT2D eigenvalue weighted by atomic mass is 16.1. The van der Waals surface area contributed by atoms with Gasteiger partial charge in [-0.2, -0.15) is 0 Å². The average molecular weight is 448 g/mol. The molecule has 1 saturated carbocycles. The van der Waals surface area contributed by atoms with E-state index < -0.39 is 0 Å². The zero-order valence-electron chi connectivity index (χ0n) is 18.8. The van der Waals surface area contributed by atoms with Gasteiger partial charge in [0.15, 0.2) is 0 Å². The average Bonchev–Trinajstić information content (AvgIpc) is 3.45. The van der Waals surface area contributed by atoms with Crippen LogP contribution in [-0.2, 0) is 11.2 Å². The minimum Gasteiger partial charge on any atom is -0.346 e. The molecule has 0 saturated heterocycles. The van der Waals surface area contributed by atoms with Crippen molar-refractivity contribution >= 4 is 33.7 Å². The molecular weight excluding hydrogens is 422 g/mol. The van der Waals surface area contributed by atoms with Crippen molar-refractivity contribution in [1.82, 2.24) is 19.9 Å². The van der Waals surface area contributed by atoms with Crippen molar-refractivity contribution in [2.75, 3.05) is 5.32 Å². The van der Waals surface area contributed by atoms with E-state index >= 15 is 0 Å². The molecule has 34 heavy (non-hydrogen) atoms. The molecule has 1 amide bonds. The number of fused-ring (bicyclic) bond motifs is 2. The summed E-state index contributed by atoms with van der Waals surface area (Å²) in [7, 11) is 0. The van der Waals surface area contributed by atoms with Crippen molar-refractivity contribution < 1.29 is 4.79 Å². The number of carbonyl (C=O) groups excluding carboxylic acids is 1. The molecule has 0 atom stereocenters. The lowest BCUT2D eigenvalue weighted by Crippen LogP contribution is -2.06.